The van der Waals surface area contributed by atoms with Gasteiger partial charge >= 0.3 is 23.8 Å². The highest BCUT2D eigenvalue weighted by molar-refractivity contribution is 6.45. The Balaban J connectivity index is 2.15. The first-order chi connectivity index (χ1) is 10.8. The third-order valence-electron chi connectivity index (χ3n) is 3.05. The van der Waals surface area contributed by atoms with Crippen molar-refractivity contribution in [2.24, 2.45) is 0 Å². The summed E-state index contributed by atoms with van der Waals surface area (Å²) in [7, 11) is 0. The van der Waals surface area contributed by atoms with Crippen LogP contribution in [0, 0.1) is 0 Å². The molecule has 2 rings (SSSR count). The zero-order valence-corrected chi connectivity index (χ0v) is 13.6. The Labute approximate surface area is 141 Å². The van der Waals surface area contributed by atoms with Crippen molar-refractivity contribution in [2.45, 2.75) is 13.5 Å². The molecule has 0 radical (unpaired) electrons. The zero-order valence-electron chi connectivity index (χ0n) is 12.0. The summed E-state index contributed by atoms with van der Waals surface area (Å²) in [6.45, 7) is 0.942. The monoisotopic (exact) mass is 358 g/mol. The summed E-state index contributed by atoms with van der Waals surface area (Å²) in [6.07, 6.45) is 0. The summed E-state index contributed by atoms with van der Waals surface area (Å²) in [5.41, 5.74) is 0.520. The Morgan fingerprint density at radius 3 is 2.35 bits per heavy atom. The molecule has 0 atom stereocenters. The van der Waals surface area contributed by atoms with Crippen molar-refractivity contribution in [2.75, 3.05) is 13.2 Å². The van der Waals surface area contributed by atoms with Crippen LogP contribution >= 0.6 is 23.2 Å². The number of ether oxygens (including phenoxy) is 1. The van der Waals surface area contributed by atoms with Gasteiger partial charge in [0.25, 0.3) is 0 Å². The van der Waals surface area contributed by atoms with Gasteiger partial charge in [0, 0.05) is 0 Å². The largest absolute Gasteiger partial charge is 0.465 e. The van der Waals surface area contributed by atoms with Crippen LogP contribution in [0.5, 0.6) is 0 Å². The number of carbonyl (C=O) groups is 4. The summed E-state index contributed by atoms with van der Waals surface area (Å²) in [4.78, 5) is 48.6. The number of rotatable bonds is 5. The molecule has 0 aromatic heterocycles. The molecule has 1 aliphatic rings. The number of nitrogens with zero attached hydrogens (tertiary/aromatic N) is 2. The van der Waals surface area contributed by atoms with E-state index in [4.69, 9.17) is 23.2 Å². The Morgan fingerprint density at radius 1 is 1.09 bits per heavy atom. The number of imide groups is 2. The number of benzene rings is 1. The van der Waals surface area contributed by atoms with Gasteiger partial charge in [0.2, 0.25) is 0 Å². The maximum Gasteiger partial charge on any atom is 0.335 e. The first-order valence-corrected chi connectivity index (χ1v) is 7.37. The molecule has 1 fully saturated rings. The number of carbonyl (C=O) groups excluding carboxylic acids is 4. The Morgan fingerprint density at radius 2 is 1.74 bits per heavy atom. The molecule has 1 saturated heterocycles. The smallest absolute Gasteiger partial charge is 0.335 e. The number of hydrogen-bond donors (Lipinski definition) is 0. The molecule has 1 aromatic rings. The molecule has 4 amide bonds. The van der Waals surface area contributed by atoms with Crippen LogP contribution in [0.25, 0.3) is 0 Å². The first kappa shape index (κ1) is 17.2. The fraction of sp³-hybridized carbons (Fsp3) is 0.286. The van der Waals surface area contributed by atoms with Crippen molar-refractivity contribution in [3.63, 3.8) is 0 Å². The van der Waals surface area contributed by atoms with Crippen molar-refractivity contribution in [1.29, 1.82) is 0 Å². The second-order valence-corrected chi connectivity index (χ2v) is 5.43. The predicted octanol–water partition coefficient (Wildman–Crippen LogP) is 1.85. The lowest BCUT2D eigenvalue weighted by Gasteiger charge is -2.15. The first-order valence-electron chi connectivity index (χ1n) is 6.62. The average molecular weight is 359 g/mol. The van der Waals surface area contributed by atoms with E-state index in [0.717, 1.165) is 4.90 Å². The van der Waals surface area contributed by atoms with E-state index >= 15 is 0 Å². The van der Waals surface area contributed by atoms with Crippen LogP contribution in [0.4, 0.5) is 4.79 Å². The lowest BCUT2D eigenvalue weighted by Crippen LogP contribution is -2.37. The van der Waals surface area contributed by atoms with Crippen LogP contribution in [0.2, 0.25) is 10.0 Å². The summed E-state index contributed by atoms with van der Waals surface area (Å²) < 4.78 is 4.67. The van der Waals surface area contributed by atoms with Gasteiger partial charge in [-0.05, 0) is 24.6 Å². The molecular weight excluding hydrogens is 347 g/mol. The fourth-order valence-corrected chi connectivity index (χ4v) is 2.31. The van der Waals surface area contributed by atoms with Crippen LogP contribution in [0.15, 0.2) is 18.2 Å². The predicted molar refractivity (Wildman–Crippen MR) is 80.8 cm³/mol. The highest BCUT2D eigenvalue weighted by atomic mass is 35.5. The molecular formula is C14H12Cl2N2O5. The quantitative estimate of drug-likeness (QED) is 0.455. The Bertz CT molecular complexity index is 692. The van der Waals surface area contributed by atoms with Crippen molar-refractivity contribution >= 4 is 47.0 Å². The van der Waals surface area contributed by atoms with Gasteiger partial charge in [-0.2, -0.15) is 0 Å². The van der Waals surface area contributed by atoms with E-state index in [1.54, 1.807) is 13.0 Å². The SMILES string of the molecule is CCOC(=O)CN1C(=O)C(=O)N(Cc2ccc(Cl)c(Cl)c2)C1=O. The highest BCUT2D eigenvalue weighted by Gasteiger charge is 2.45. The minimum atomic E-state index is -1.07. The number of amides is 4. The van der Waals surface area contributed by atoms with Gasteiger partial charge in [-0.3, -0.25) is 19.3 Å². The molecule has 0 aliphatic carbocycles. The van der Waals surface area contributed by atoms with Gasteiger partial charge in [0.05, 0.1) is 23.2 Å². The molecule has 0 saturated carbocycles. The number of hydrogen-bond acceptors (Lipinski definition) is 5. The highest BCUT2D eigenvalue weighted by Crippen LogP contribution is 2.24. The zero-order chi connectivity index (χ0) is 17.1. The third kappa shape index (κ3) is 3.62. The van der Waals surface area contributed by atoms with Crippen molar-refractivity contribution in [3.8, 4) is 0 Å². The molecule has 122 valence electrons. The minimum Gasteiger partial charge on any atom is -0.465 e. The van der Waals surface area contributed by atoms with E-state index in [2.05, 4.69) is 4.74 Å². The van der Waals surface area contributed by atoms with E-state index in [1.165, 1.54) is 12.1 Å². The van der Waals surface area contributed by atoms with Crippen LogP contribution in [0.1, 0.15) is 12.5 Å². The lowest BCUT2D eigenvalue weighted by molar-refractivity contribution is -0.148. The van der Waals surface area contributed by atoms with E-state index in [0.29, 0.717) is 15.5 Å². The van der Waals surface area contributed by atoms with E-state index < -0.39 is 30.4 Å². The maximum atomic E-state index is 12.2. The molecule has 0 bridgehead atoms. The standard InChI is InChI=1S/C14H12Cl2N2O5/c1-2-23-11(19)7-18-13(21)12(20)17(14(18)22)6-8-3-4-9(15)10(16)5-8/h3-5H,2,6-7H2,1H3. The number of urea groups is 1. The summed E-state index contributed by atoms with van der Waals surface area (Å²) >= 11 is 11.7. The molecule has 0 spiro atoms. The molecule has 1 aromatic carbocycles. The number of halogens is 2. The average Bonchev–Trinajstić information content (AvgIpc) is 2.69. The van der Waals surface area contributed by atoms with E-state index in [-0.39, 0.29) is 18.2 Å². The topological polar surface area (TPSA) is 84.0 Å². The Hall–Kier alpha value is -2.12. The molecule has 1 aliphatic heterocycles. The van der Waals surface area contributed by atoms with Gasteiger partial charge in [-0.15, -0.1) is 0 Å². The van der Waals surface area contributed by atoms with Gasteiger partial charge in [0.15, 0.2) is 0 Å². The minimum absolute atomic E-state index is 0.107. The summed E-state index contributed by atoms with van der Waals surface area (Å²) in [5, 5.41) is 0.590. The van der Waals surface area contributed by atoms with Gasteiger partial charge < -0.3 is 4.74 Å². The van der Waals surface area contributed by atoms with Gasteiger partial charge in [-0.25, -0.2) is 9.69 Å². The molecule has 7 nitrogen and oxygen atoms in total. The normalized spacial score (nSPS) is 14.7. The van der Waals surface area contributed by atoms with Crippen molar-refractivity contribution in [3.05, 3.63) is 33.8 Å². The second-order valence-electron chi connectivity index (χ2n) is 4.62. The fourth-order valence-electron chi connectivity index (χ4n) is 1.99. The lowest BCUT2D eigenvalue weighted by atomic mass is 10.2. The van der Waals surface area contributed by atoms with Crippen molar-refractivity contribution < 1.29 is 23.9 Å². The number of esters is 1. The van der Waals surface area contributed by atoms with E-state index in [9.17, 15) is 19.2 Å². The maximum absolute atomic E-state index is 12.2. The van der Waals surface area contributed by atoms with Crippen LogP contribution in [0.3, 0.4) is 0 Å². The van der Waals surface area contributed by atoms with E-state index in [1.807, 2.05) is 0 Å². The van der Waals surface area contributed by atoms with Crippen LogP contribution < -0.4 is 0 Å². The van der Waals surface area contributed by atoms with Gasteiger partial charge in [0.1, 0.15) is 6.54 Å². The molecule has 0 N–H and O–H groups in total. The van der Waals surface area contributed by atoms with Crippen molar-refractivity contribution in [1.82, 2.24) is 9.80 Å². The van der Waals surface area contributed by atoms with Crippen LogP contribution in [-0.4, -0.2) is 46.8 Å². The second kappa shape index (κ2) is 6.97. The van der Waals surface area contributed by atoms with Crippen LogP contribution in [-0.2, 0) is 25.7 Å². The summed E-state index contributed by atoms with van der Waals surface area (Å²) in [6, 6.07) is 3.71. The third-order valence-corrected chi connectivity index (χ3v) is 3.79. The molecule has 9 heteroatoms. The molecule has 0 unspecified atom stereocenters. The van der Waals surface area contributed by atoms with Gasteiger partial charge in [-0.1, -0.05) is 29.3 Å². The molecule has 23 heavy (non-hydrogen) atoms. The Kier molecular flexibility index (Phi) is 5.23. The summed E-state index contributed by atoms with van der Waals surface area (Å²) in [5.74, 6) is -2.84. The molecule has 1 heterocycles.